The van der Waals surface area contributed by atoms with E-state index in [0.29, 0.717) is 46.6 Å². The maximum absolute atomic E-state index is 14.7. The number of ether oxygens (including phenoxy) is 2. The van der Waals surface area contributed by atoms with Crippen LogP contribution in [0.15, 0.2) is 30.5 Å². The highest BCUT2D eigenvalue weighted by atomic mass is 19.1. The van der Waals surface area contributed by atoms with Crippen LogP contribution in [0.4, 0.5) is 15.9 Å². The first kappa shape index (κ1) is 22.3. The molecule has 2 aliphatic heterocycles. The van der Waals surface area contributed by atoms with Gasteiger partial charge in [-0.1, -0.05) is 0 Å². The number of carbonyl (C=O) groups is 1. The van der Waals surface area contributed by atoms with Crippen molar-refractivity contribution in [2.45, 2.75) is 25.8 Å². The molecule has 0 atom stereocenters. The number of pyridine rings is 3. The number of nitrogens with one attached hydrogen (secondary N) is 2. The molecule has 0 bridgehead atoms. The largest absolute Gasteiger partial charge is 0.481 e. The van der Waals surface area contributed by atoms with Crippen LogP contribution in [0.5, 0.6) is 11.6 Å². The Kier molecular flexibility index (Phi) is 6.39. The van der Waals surface area contributed by atoms with Gasteiger partial charge in [0.25, 0.3) is 5.91 Å². The third kappa shape index (κ3) is 4.72. The van der Waals surface area contributed by atoms with Crippen molar-refractivity contribution in [3.63, 3.8) is 0 Å². The summed E-state index contributed by atoms with van der Waals surface area (Å²) in [6, 6.07) is 7.28. The molecule has 0 aliphatic carbocycles. The predicted molar refractivity (Wildman–Crippen MR) is 126 cm³/mol. The third-order valence-electron chi connectivity index (χ3n) is 6.32. The molecular formula is C24H27FN6O3. The van der Waals surface area contributed by atoms with E-state index in [1.807, 2.05) is 12.1 Å². The van der Waals surface area contributed by atoms with E-state index < -0.39 is 0 Å². The van der Waals surface area contributed by atoms with Crippen molar-refractivity contribution < 1.29 is 18.7 Å². The SMILES string of the molecule is COc1ccc2ncc(F)c(N3CCC(CCNCc4ccc5c(n4)NC(=O)CO5)CC3)c2n1. The second kappa shape index (κ2) is 9.76. The molecule has 5 rings (SSSR count). The summed E-state index contributed by atoms with van der Waals surface area (Å²) in [7, 11) is 1.55. The van der Waals surface area contributed by atoms with Crippen molar-refractivity contribution in [3.8, 4) is 11.6 Å². The molecule has 0 spiro atoms. The van der Waals surface area contributed by atoms with Crippen LogP contribution in [0.2, 0.25) is 0 Å². The van der Waals surface area contributed by atoms with Crippen molar-refractivity contribution in [1.82, 2.24) is 20.3 Å². The minimum Gasteiger partial charge on any atom is -0.481 e. The lowest BCUT2D eigenvalue weighted by Gasteiger charge is -2.34. The number of methoxy groups -OCH3 is 1. The topological polar surface area (TPSA) is 102 Å². The summed E-state index contributed by atoms with van der Waals surface area (Å²) in [6.45, 7) is 3.04. The number of fused-ring (bicyclic) bond motifs is 2. The van der Waals surface area contributed by atoms with Gasteiger partial charge in [-0.15, -0.1) is 0 Å². The van der Waals surface area contributed by atoms with Crippen LogP contribution >= 0.6 is 0 Å². The van der Waals surface area contributed by atoms with Crippen LogP contribution in [-0.2, 0) is 11.3 Å². The second-order valence-electron chi connectivity index (χ2n) is 8.56. The molecule has 1 fully saturated rings. The molecule has 34 heavy (non-hydrogen) atoms. The van der Waals surface area contributed by atoms with E-state index in [9.17, 15) is 9.18 Å². The number of anilines is 2. The van der Waals surface area contributed by atoms with Gasteiger partial charge < -0.3 is 25.0 Å². The van der Waals surface area contributed by atoms with Gasteiger partial charge in [-0.05, 0) is 49.9 Å². The summed E-state index contributed by atoms with van der Waals surface area (Å²) in [5.41, 5.74) is 2.56. The van der Waals surface area contributed by atoms with Gasteiger partial charge in [0.1, 0.15) is 11.2 Å². The number of piperidine rings is 1. The normalized spacial score (nSPS) is 16.2. The smallest absolute Gasteiger partial charge is 0.263 e. The van der Waals surface area contributed by atoms with Gasteiger partial charge in [-0.2, -0.15) is 0 Å². The highest BCUT2D eigenvalue weighted by Crippen LogP contribution is 2.32. The fourth-order valence-electron chi connectivity index (χ4n) is 4.50. The van der Waals surface area contributed by atoms with Crippen LogP contribution < -0.4 is 25.0 Å². The van der Waals surface area contributed by atoms with Crippen molar-refractivity contribution >= 4 is 28.4 Å². The number of nitrogens with zero attached hydrogens (tertiary/aromatic N) is 4. The Morgan fingerprint density at radius 2 is 2.09 bits per heavy atom. The zero-order valence-electron chi connectivity index (χ0n) is 19.0. The van der Waals surface area contributed by atoms with Gasteiger partial charge in [0.15, 0.2) is 24.0 Å². The number of amides is 1. The van der Waals surface area contributed by atoms with Gasteiger partial charge in [-0.25, -0.2) is 14.4 Å². The average Bonchev–Trinajstić information content (AvgIpc) is 2.86. The van der Waals surface area contributed by atoms with E-state index >= 15 is 0 Å². The quantitative estimate of drug-likeness (QED) is 0.513. The van der Waals surface area contributed by atoms with Crippen LogP contribution in [0.25, 0.3) is 11.0 Å². The molecule has 0 aromatic carbocycles. The number of aromatic nitrogens is 3. The number of halogens is 1. The Labute approximate surface area is 196 Å². The molecule has 0 saturated carbocycles. The first-order chi connectivity index (χ1) is 16.6. The van der Waals surface area contributed by atoms with E-state index in [-0.39, 0.29) is 18.3 Å². The zero-order valence-corrected chi connectivity index (χ0v) is 19.0. The van der Waals surface area contributed by atoms with Gasteiger partial charge >= 0.3 is 0 Å². The maximum Gasteiger partial charge on any atom is 0.263 e. The molecule has 0 radical (unpaired) electrons. The lowest BCUT2D eigenvalue weighted by Crippen LogP contribution is -2.35. The molecule has 178 valence electrons. The number of hydrogen-bond donors (Lipinski definition) is 2. The molecule has 2 aliphatic rings. The van der Waals surface area contributed by atoms with Crippen molar-refractivity contribution in [3.05, 3.63) is 42.0 Å². The Morgan fingerprint density at radius 3 is 2.91 bits per heavy atom. The summed E-state index contributed by atoms with van der Waals surface area (Å²) >= 11 is 0. The average molecular weight is 467 g/mol. The first-order valence-electron chi connectivity index (χ1n) is 11.5. The predicted octanol–water partition coefficient (Wildman–Crippen LogP) is 2.90. The lowest BCUT2D eigenvalue weighted by atomic mass is 9.93. The van der Waals surface area contributed by atoms with Crippen molar-refractivity contribution in [2.24, 2.45) is 5.92 Å². The Bertz CT molecular complexity index is 1200. The van der Waals surface area contributed by atoms with Crippen LogP contribution in [0.1, 0.15) is 25.0 Å². The van der Waals surface area contributed by atoms with E-state index in [4.69, 9.17) is 9.47 Å². The molecule has 0 unspecified atom stereocenters. The minimum atomic E-state index is -0.354. The first-order valence-corrected chi connectivity index (χ1v) is 11.5. The van der Waals surface area contributed by atoms with Gasteiger partial charge in [0, 0.05) is 25.7 Å². The second-order valence-corrected chi connectivity index (χ2v) is 8.56. The summed E-state index contributed by atoms with van der Waals surface area (Å²) in [5, 5.41) is 6.17. The van der Waals surface area contributed by atoms with Gasteiger partial charge in [0.2, 0.25) is 5.88 Å². The van der Waals surface area contributed by atoms with Crippen LogP contribution in [0, 0.1) is 11.7 Å². The molecule has 2 N–H and O–H groups in total. The van der Waals surface area contributed by atoms with E-state index in [0.717, 1.165) is 44.6 Å². The molecular weight excluding hydrogens is 439 g/mol. The third-order valence-corrected chi connectivity index (χ3v) is 6.32. The van der Waals surface area contributed by atoms with E-state index in [1.165, 1.54) is 6.20 Å². The van der Waals surface area contributed by atoms with Crippen molar-refractivity contribution in [2.75, 3.05) is 43.6 Å². The van der Waals surface area contributed by atoms with E-state index in [2.05, 4.69) is 30.5 Å². The summed E-state index contributed by atoms with van der Waals surface area (Å²) in [5.74, 6) is 1.55. The summed E-state index contributed by atoms with van der Waals surface area (Å²) < 4.78 is 25.3. The summed E-state index contributed by atoms with van der Waals surface area (Å²) in [6.07, 6.45) is 4.27. The molecule has 1 amide bonds. The van der Waals surface area contributed by atoms with Crippen LogP contribution in [-0.4, -0.2) is 54.2 Å². The standard InChI is InChI=1S/C24H27FN6O3/c1-33-21-5-3-18-22(30-21)23(17(25)13-27-18)31-10-7-15(8-11-31)6-9-26-12-16-2-4-19-24(28-16)29-20(32)14-34-19/h2-5,13,15,26H,6-12,14H2,1H3,(H,28,29,32). The van der Waals surface area contributed by atoms with E-state index in [1.54, 1.807) is 19.2 Å². The number of hydrogen-bond acceptors (Lipinski definition) is 8. The molecule has 3 aromatic rings. The Morgan fingerprint density at radius 1 is 1.24 bits per heavy atom. The number of rotatable bonds is 7. The fraction of sp³-hybridized carbons (Fsp3) is 0.417. The monoisotopic (exact) mass is 466 g/mol. The summed E-state index contributed by atoms with van der Waals surface area (Å²) in [4.78, 5) is 26.6. The Hall–Kier alpha value is -3.53. The lowest BCUT2D eigenvalue weighted by molar-refractivity contribution is -0.118. The molecule has 3 aromatic heterocycles. The minimum absolute atomic E-state index is 0.0276. The fourth-order valence-corrected chi connectivity index (χ4v) is 4.50. The highest BCUT2D eigenvalue weighted by molar-refractivity contribution is 5.94. The molecule has 9 nitrogen and oxygen atoms in total. The van der Waals surface area contributed by atoms with Gasteiger partial charge in [-0.3, -0.25) is 9.78 Å². The molecule has 5 heterocycles. The highest BCUT2D eigenvalue weighted by Gasteiger charge is 2.24. The maximum atomic E-state index is 14.7. The number of carbonyl (C=O) groups excluding carboxylic acids is 1. The van der Waals surface area contributed by atoms with Crippen LogP contribution in [0.3, 0.4) is 0 Å². The molecule has 1 saturated heterocycles. The zero-order chi connectivity index (χ0) is 23.5. The Balaban J connectivity index is 1.13. The molecule has 10 heteroatoms. The van der Waals surface area contributed by atoms with Crippen molar-refractivity contribution in [1.29, 1.82) is 0 Å². The van der Waals surface area contributed by atoms with Gasteiger partial charge in [0.05, 0.1) is 24.5 Å².